The second kappa shape index (κ2) is 14.3. The average molecular weight is 391 g/mol. The molecule has 0 N–H and O–H groups in total. The van der Waals surface area contributed by atoms with Crippen molar-refractivity contribution in [3.8, 4) is 0 Å². The maximum atomic E-state index is 4.58. The van der Waals surface area contributed by atoms with Crippen molar-refractivity contribution in [2.75, 3.05) is 0 Å². The first kappa shape index (κ1) is 22.7. The molecule has 0 spiro atoms. The predicted molar refractivity (Wildman–Crippen MR) is 83.9 cm³/mol. The normalized spacial score (nSPS) is 10.0. The van der Waals surface area contributed by atoms with E-state index in [2.05, 4.69) is 71.3 Å². The van der Waals surface area contributed by atoms with Crippen LogP contribution in [0, 0.1) is 0 Å². The third kappa shape index (κ3) is 11.1. The zero-order valence-electron chi connectivity index (χ0n) is 11.4. The number of rotatable bonds is 3. The minimum absolute atomic E-state index is 0. The van der Waals surface area contributed by atoms with Gasteiger partial charge in [-0.15, -0.1) is 0 Å². The molecule has 0 saturated carbocycles. The molecule has 0 fully saturated rings. The van der Waals surface area contributed by atoms with Crippen molar-refractivity contribution in [2.24, 2.45) is 0 Å². The molecule has 0 aromatic heterocycles. The molecular weight excluding hydrogens is 372 g/mol. The van der Waals surface area contributed by atoms with Gasteiger partial charge in [-0.05, 0) is 11.0 Å². The van der Waals surface area contributed by atoms with E-state index in [0.29, 0.717) is 7.35 Å². The summed E-state index contributed by atoms with van der Waals surface area (Å²) in [5, 5.41) is 2.74. The molecule has 5 heteroatoms. The summed E-state index contributed by atoms with van der Waals surface area (Å²) in [6.45, 7) is 4.51. The van der Waals surface area contributed by atoms with Crippen LogP contribution in [0.1, 0.15) is 13.8 Å². The Morgan fingerprint density at radius 2 is 1.15 bits per heavy atom. The van der Waals surface area contributed by atoms with Gasteiger partial charge in [0.1, 0.15) is 0 Å². The van der Waals surface area contributed by atoms with Gasteiger partial charge in [-0.1, -0.05) is 52.8 Å². The van der Waals surface area contributed by atoms with Gasteiger partial charge in [-0.2, -0.15) is 0 Å². The number of benzene rings is 2. The van der Waals surface area contributed by atoms with E-state index in [1.807, 2.05) is 18.2 Å². The molecule has 0 bridgehead atoms. The van der Waals surface area contributed by atoms with Gasteiger partial charge < -0.3 is 24.8 Å². The second-order valence-electron chi connectivity index (χ2n) is 4.11. The van der Waals surface area contributed by atoms with Gasteiger partial charge in [-0.3, -0.25) is 0 Å². The van der Waals surface area contributed by atoms with E-state index in [0.717, 1.165) is 14.2 Å². The SMILES string of the molecule is CC(C)Pc1ccccc1.[Cl-].[Cl-].[Ni+2][PH]c1ccccc1. The Bertz CT molecular complexity index is 424. The van der Waals surface area contributed by atoms with Crippen molar-refractivity contribution in [3.05, 3.63) is 60.7 Å². The monoisotopic (exact) mass is 389 g/mol. The summed E-state index contributed by atoms with van der Waals surface area (Å²) in [6.07, 6.45) is 0. The molecule has 2 aromatic carbocycles. The number of halogens is 2. The molecule has 0 aliphatic rings. The first-order chi connectivity index (χ1) is 8.72. The molecule has 0 amide bonds. The third-order valence-electron chi connectivity index (χ3n) is 2.09. The molecule has 2 rings (SSSR count). The van der Waals surface area contributed by atoms with Crippen LogP contribution < -0.4 is 35.4 Å². The molecule has 113 valence electrons. The molecular formula is C15H19Cl2NiP2. The van der Waals surface area contributed by atoms with E-state index >= 15 is 0 Å². The van der Waals surface area contributed by atoms with Gasteiger partial charge in [0.2, 0.25) is 0 Å². The van der Waals surface area contributed by atoms with Crippen LogP contribution in [0.15, 0.2) is 60.7 Å². The molecule has 0 nitrogen and oxygen atoms in total. The molecule has 2 unspecified atom stereocenters. The summed E-state index contributed by atoms with van der Waals surface area (Å²) >= 11 is 4.58. The van der Waals surface area contributed by atoms with Crippen LogP contribution in [-0.2, 0) is 15.0 Å². The van der Waals surface area contributed by atoms with Crippen LogP contribution in [0.25, 0.3) is 0 Å². The minimum atomic E-state index is 0. The van der Waals surface area contributed by atoms with Crippen LogP contribution in [0.2, 0.25) is 0 Å². The van der Waals surface area contributed by atoms with Crippen LogP contribution in [-0.4, -0.2) is 5.66 Å². The maximum absolute atomic E-state index is 4.58. The van der Waals surface area contributed by atoms with Crippen molar-refractivity contribution >= 4 is 26.5 Å². The van der Waals surface area contributed by atoms with Gasteiger partial charge in [0, 0.05) is 0 Å². The molecule has 0 radical (unpaired) electrons. The van der Waals surface area contributed by atoms with Gasteiger partial charge in [-0.25, -0.2) is 0 Å². The Labute approximate surface area is 146 Å². The van der Waals surface area contributed by atoms with Crippen LogP contribution in [0.3, 0.4) is 0 Å². The summed E-state index contributed by atoms with van der Waals surface area (Å²) in [7, 11) is 1.52. The van der Waals surface area contributed by atoms with E-state index < -0.39 is 0 Å². The van der Waals surface area contributed by atoms with Crippen molar-refractivity contribution in [3.63, 3.8) is 0 Å². The summed E-state index contributed by atoms with van der Waals surface area (Å²) in [5.74, 6) is 0. The quantitative estimate of drug-likeness (QED) is 0.414. The van der Waals surface area contributed by atoms with E-state index in [1.54, 1.807) is 0 Å². The molecule has 20 heavy (non-hydrogen) atoms. The molecule has 0 aliphatic carbocycles. The van der Waals surface area contributed by atoms with Crippen LogP contribution >= 0.6 is 15.9 Å². The molecule has 2 aromatic rings. The Morgan fingerprint density at radius 1 is 0.750 bits per heavy atom. The third-order valence-corrected chi connectivity index (χ3v) is 4.71. The topological polar surface area (TPSA) is 0 Å². The second-order valence-corrected chi connectivity index (χ2v) is 7.61. The fourth-order valence-electron chi connectivity index (χ4n) is 1.36. The van der Waals surface area contributed by atoms with Crippen molar-refractivity contribution in [1.29, 1.82) is 0 Å². The molecule has 2 atom stereocenters. The van der Waals surface area contributed by atoms with Gasteiger partial charge >= 0.3 is 58.0 Å². The average Bonchev–Trinajstić information content (AvgIpc) is 2.41. The Balaban J connectivity index is 0. The van der Waals surface area contributed by atoms with E-state index in [4.69, 9.17) is 0 Å². The number of hydrogen-bond acceptors (Lipinski definition) is 0. The van der Waals surface area contributed by atoms with Gasteiger partial charge in [0.05, 0.1) is 0 Å². The Kier molecular flexibility index (Phi) is 16.2. The van der Waals surface area contributed by atoms with Crippen LogP contribution in [0.5, 0.6) is 0 Å². The van der Waals surface area contributed by atoms with E-state index in [9.17, 15) is 0 Å². The van der Waals surface area contributed by atoms with Crippen molar-refractivity contribution < 1.29 is 39.8 Å². The van der Waals surface area contributed by atoms with Gasteiger partial charge in [0.25, 0.3) is 0 Å². The molecule has 0 heterocycles. The van der Waals surface area contributed by atoms with E-state index in [1.165, 1.54) is 10.6 Å². The fourth-order valence-corrected chi connectivity index (χ4v) is 3.20. The first-order valence-corrected chi connectivity index (χ1v) is 9.30. The Hall–Kier alpha value is 0.374. The summed E-state index contributed by atoms with van der Waals surface area (Å²) in [5.41, 5.74) is 0.794. The first-order valence-electron chi connectivity index (χ1n) is 5.92. The Morgan fingerprint density at radius 3 is 1.45 bits per heavy atom. The van der Waals surface area contributed by atoms with E-state index in [-0.39, 0.29) is 24.8 Å². The van der Waals surface area contributed by atoms with Crippen molar-refractivity contribution in [2.45, 2.75) is 19.5 Å². The van der Waals surface area contributed by atoms with Gasteiger partial charge in [0.15, 0.2) is 0 Å². The number of hydrogen-bond donors (Lipinski definition) is 0. The molecule has 0 saturated heterocycles. The van der Waals surface area contributed by atoms with Crippen LogP contribution in [0.4, 0.5) is 0 Å². The predicted octanol–water partition coefficient (Wildman–Crippen LogP) is -2.14. The van der Waals surface area contributed by atoms with Crippen molar-refractivity contribution in [1.82, 2.24) is 0 Å². The fraction of sp³-hybridized carbons (Fsp3) is 0.200. The zero-order chi connectivity index (χ0) is 13.2. The summed E-state index contributed by atoms with van der Waals surface area (Å²) < 4.78 is 0. The molecule has 0 aliphatic heterocycles. The zero-order valence-corrected chi connectivity index (χ0v) is 15.9. The summed E-state index contributed by atoms with van der Waals surface area (Å²) in [4.78, 5) is 0. The standard InChI is InChI=1S/C9H13P.C6H6P.2ClH.Ni/c1-8(2)10-9-6-4-3-5-7-9;7-6-4-2-1-3-5-6;;;/h3-8,10H,1-2H3;1-5,7H;2*1H;/q;-1;;;+3/p-2. The summed E-state index contributed by atoms with van der Waals surface area (Å²) in [6, 6.07) is 20.8.